The highest BCUT2D eigenvalue weighted by molar-refractivity contribution is 5.97. The van der Waals surface area contributed by atoms with E-state index in [1.165, 1.54) is 0 Å². The Morgan fingerprint density at radius 2 is 1.83 bits per heavy atom. The summed E-state index contributed by atoms with van der Waals surface area (Å²) < 4.78 is 5.50. The van der Waals surface area contributed by atoms with Crippen LogP contribution in [0.3, 0.4) is 0 Å². The molecule has 6 heteroatoms. The lowest BCUT2D eigenvalue weighted by molar-refractivity contribution is -0.114. The number of rotatable bonds is 8. The van der Waals surface area contributed by atoms with Crippen molar-refractivity contribution in [1.29, 1.82) is 0 Å². The molecule has 0 aliphatic carbocycles. The average molecular weight is 327 g/mol. The van der Waals surface area contributed by atoms with Crippen LogP contribution in [-0.4, -0.2) is 25.0 Å². The number of carbonyl (C=O) groups is 2. The van der Waals surface area contributed by atoms with Crippen LogP contribution >= 0.6 is 0 Å². The number of carbonyl (C=O) groups excluding carboxylic acids is 2. The van der Waals surface area contributed by atoms with Crippen LogP contribution in [0.25, 0.3) is 0 Å². The molecule has 0 aliphatic heterocycles. The normalized spacial score (nSPS) is 10.0. The average Bonchev–Trinajstić information content (AvgIpc) is 2.59. The van der Waals surface area contributed by atoms with Crippen LogP contribution < -0.4 is 21.1 Å². The molecule has 0 saturated carbocycles. The second kappa shape index (κ2) is 8.57. The van der Waals surface area contributed by atoms with Gasteiger partial charge in [0.05, 0.1) is 13.2 Å². The first-order chi connectivity index (χ1) is 11.6. The van der Waals surface area contributed by atoms with Gasteiger partial charge in [0.1, 0.15) is 5.75 Å². The van der Waals surface area contributed by atoms with E-state index in [1.807, 2.05) is 31.2 Å². The van der Waals surface area contributed by atoms with Crippen LogP contribution in [-0.2, 0) is 4.79 Å². The van der Waals surface area contributed by atoms with E-state index in [1.54, 1.807) is 24.3 Å². The Kier molecular flexibility index (Phi) is 6.19. The molecule has 4 N–H and O–H groups in total. The van der Waals surface area contributed by atoms with E-state index in [4.69, 9.17) is 10.5 Å². The molecule has 0 bridgehead atoms. The summed E-state index contributed by atoms with van der Waals surface area (Å²) in [6, 6.07) is 13.9. The number of nitrogens with one attached hydrogen (secondary N) is 2. The van der Waals surface area contributed by atoms with Gasteiger partial charge < -0.3 is 21.1 Å². The fourth-order valence-corrected chi connectivity index (χ4v) is 2.03. The third-order valence-electron chi connectivity index (χ3n) is 3.21. The highest BCUT2D eigenvalue weighted by Gasteiger charge is 2.05. The molecule has 0 saturated heterocycles. The van der Waals surface area contributed by atoms with Crippen molar-refractivity contribution in [3.8, 4) is 5.75 Å². The first-order valence-corrected chi connectivity index (χ1v) is 7.75. The van der Waals surface area contributed by atoms with Crippen molar-refractivity contribution < 1.29 is 14.3 Å². The number of primary amides is 1. The molecule has 0 radical (unpaired) electrons. The standard InChI is InChI=1S/C18H21N3O3/c1-2-10-24-16-8-6-14(7-9-16)20-12-17(22)21-15-5-3-4-13(11-15)18(19)23/h3-9,11,20H,2,10,12H2,1H3,(H2,19,23)(H,21,22). The van der Waals surface area contributed by atoms with Crippen molar-refractivity contribution in [3.63, 3.8) is 0 Å². The Labute approximate surface area is 141 Å². The Morgan fingerprint density at radius 1 is 1.08 bits per heavy atom. The van der Waals surface area contributed by atoms with Crippen LogP contribution in [0.15, 0.2) is 48.5 Å². The summed E-state index contributed by atoms with van der Waals surface area (Å²) in [7, 11) is 0. The molecular weight excluding hydrogens is 306 g/mol. The molecule has 0 unspecified atom stereocenters. The fraction of sp³-hybridized carbons (Fsp3) is 0.222. The quantitative estimate of drug-likeness (QED) is 0.695. The van der Waals surface area contributed by atoms with Gasteiger partial charge in [0, 0.05) is 16.9 Å². The number of benzene rings is 2. The van der Waals surface area contributed by atoms with Gasteiger partial charge in [-0.3, -0.25) is 9.59 Å². The zero-order chi connectivity index (χ0) is 17.4. The monoisotopic (exact) mass is 327 g/mol. The summed E-state index contributed by atoms with van der Waals surface area (Å²) >= 11 is 0. The fourth-order valence-electron chi connectivity index (χ4n) is 2.03. The van der Waals surface area contributed by atoms with Crippen LogP contribution in [0.4, 0.5) is 11.4 Å². The Bertz CT molecular complexity index is 699. The molecule has 2 amide bonds. The van der Waals surface area contributed by atoms with E-state index in [-0.39, 0.29) is 12.5 Å². The van der Waals surface area contributed by atoms with Crippen molar-refractivity contribution in [2.24, 2.45) is 5.73 Å². The lowest BCUT2D eigenvalue weighted by Crippen LogP contribution is -2.22. The van der Waals surface area contributed by atoms with Gasteiger partial charge in [0.2, 0.25) is 11.8 Å². The molecule has 126 valence electrons. The smallest absolute Gasteiger partial charge is 0.248 e. The third kappa shape index (κ3) is 5.31. The van der Waals surface area contributed by atoms with Crippen molar-refractivity contribution >= 4 is 23.2 Å². The number of hydrogen-bond acceptors (Lipinski definition) is 4. The minimum atomic E-state index is -0.533. The highest BCUT2D eigenvalue weighted by Crippen LogP contribution is 2.16. The van der Waals surface area contributed by atoms with Crippen LogP contribution in [0.5, 0.6) is 5.75 Å². The number of hydrogen-bond donors (Lipinski definition) is 3. The van der Waals surface area contributed by atoms with Gasteiger partial charge in [-0.25, -0.2) is 0 Å². The van der Waals surface area contributed by atoms with E-state index >= 15 is 0 Å². The van der Waals surface area contributed by atoms with Crippen molar-refractivity contribution in [1.82, 2.24) is 0 Å². The lowest BCUT2D eigenvalue weighted by atomic mass is 10.2. The van der Waals surface area contributed by atoms with Gasteiger partial charge in [-0.2, -0.15) is 0 Å². The molecule has 0 aliphatic rings. The maximum atomic E-state index is 12.0. The maximum absolute atomic E-state index is 12.0. The SMILES string of the molecule is CCCOc1ccc(NCC(=O)Nc2cccc(C(N)=O)c2)cc1. The van der Waals surface area contributed by atoms with E-state index in [9.17, 15) is 9.59 Å². The third-order valence-corrected chi connectivity index (χ3v) is 3.21. The van der Waals surface area contributed by atoms with Crippen LogP contribution in [0.1, 0.15) is 23.7 Å². The lowest BCUT2D eigenvalue weighted by Gasteiger charge is -2.09. The van der Waals surface area contributed by atoms with E-state index < -0.39 is 5.91 Å². The van der Waals surface area contributed by atoms with Gasteiger partial charge in [-0.1, -0.05) is 13.0 Å². The summed E-state index contributed by atoms with van der Waals surface area (Å²) in [5.74, 6) is 0.0488. The van der Waals surface area contributed by atoms with E-state index in [0.29, 0.717) is 17.9 Å². The molecule has 2 aromatic rings. The Morgan fingerprint density at radius 3 is 2.50 bits per heavy atom. The summed E-state index contributed by atoms with van der Waals surface area (Å²) in [4.78, 5) is 23.1. The topological polar surface area (TPSA) is 93.4 Å². The second-order valence-corrected chi connectivity index (χ2v) is 5.22. The largest absolute Gasteiger partial charge is 0.494 e. The Hall–Kier alpha value is -3.02. The predicted octanol–water partition coefficient (Wildman–Crippen LogP) is 2.62. The van der Waals surface area contributed by atoms with Crippen molar-refractivity contribution in [3.05, 3.63) is 54.1 Å². The van der Waals surface area contributed by atoms with Crippen molar-refractivity contribution in [2.75, 3.05) is 23.8 Å². The number of ether oxygens (including phenoxy) is 1. The van der Waals surface area contributed by atoms with Gasteiger partial charge in [-0.15, -0.1) is 0 Å². The van der Waals surface area contributed by atoms with Gasteiger partial charge in [0.25, 0.3) is 0 Å². The Balaban J connectivity index is 1.84. The maximum Gasteiger partial charge on any atom is 0.248 e. The zero-order valence-electron chi connectivity index (χ0n) is 13.5. The molecule has 0 heterocycles. The van der Waals surface area contributed by atoms with Gasteiger partial charge in [-0.05, 0) is 48.9 Å². The summed E-state index contributed by atoms with van der Waals surface area (Å²) in [5, 5.41) is 5.74. The minimum Gasteiger partial charge on any atom is -0.494 e. The zero-order valence-corrected chi connectivity index (χ0v) is 13.5. The molecule has 6 nitrogen and oxygen atoms in total. The molecule has 2 rings (SSSR count). The number of nitrogens with two attached hydrogens (primary N) is 1. The summed E-state index contributed by atoms with van der Waals surface area (Å²) in [5.41, 5.74) is 6.92. The highest BCUT2D eigenvalue weighted by atomic mass is 16.5. The first-order valence-electron chi connectivity index (χ1n) is 7.75. The van der Waals surface area contributed by atoms with Gasteiger partial charge >= 0.3 is 0 Å². The number of anilines is 2. The molecule has 0 aromatic heterocycles. The molecule has 0 atom stereocenters. The van der Waals surface area contributed by atoms with Crippen LogP contribution in [0, 0.1) is 0 Å². The first kappa shape index (κ1) is 17.3. The molecule has 0 spiro atoms. The molecule has 24 heavy (non-hydrogen) atoms. The second-order valence-electron chi connectivity index (χ2n) is 5.22. The van der Waals surface area contributed by atoms with E-state index in [0.717, 1.165) is 17.9 Å². The van der Waals surface area contributed by atoms with Gasteiger partial charge in [0.15, 0.2) is 0 Å². The minimum absolute atomic E-state index is 0.107. The molecule has 2 aromatic carbocycles. The van der Waals surface area contributed by atoms with Crippen LogP contribution in [0.2, 0.25) is 0 Å². The van der Waals surface area contributed by atoms with Crippen molar-refractivity contribution in [2.45, 2.75) is 13.3 Å². The summed E-state index contributed by atoms with van der Waals surface area (Å²) in [6.45, 7) is 2.84. The number of amides is 2. The predicted molar refractivity (Wildman–Crippen MR) is 94.3 cm³/mol. The summed E-state index contributed by atoms with van der Waals surface area (Å²) in [6.07, 6.45) is 0.955. The molecular formula is C18H21N3O3. The molecule has 0 fully saturated rings. The van der Waals surface area contributed by atoms with E-state index in [2.05, 4.69) is 10.6 Å².